The molecule has 3 heteroatoms. The highest BCUT2D eigenvalue weighted by Gasteiger charge is 2.51. The molecule has 0 aliphatic heterocycles. The lowest BCUT2D eigenvalue weighted by molar-refractivity contribution is 0.794. The average molecular weight is 674 g/mol. The van der Waals surface area contributed by atoms with E-state index in [1.54, 1.807) is 0 Å². The molecule has 11 rings (SSSR count). The van der Waals surface area contributed by atoms with Gasteiger partial charge in [0.1, 0.15) is 0 Å². The standard InChI is InChI=1S/C50H31N3/c1-3-16-33(17-4-1)47-51-48(34-18-5-2-6-19-34)53-49(52-47)42-31-46-41(30-40(42)36-28-27-32-15-7-8-20-35(32)29-36)39-23-11-14-26-45(39)50(46)43-24-12-9-21-37(43)38-22-10-13-25-44(38)50/h1-31H. The molecule has 9 aromatic rings. The minimum absolute atomic E-state index is 0.493. The summed E-state index contributed by atoms with van der Waals surface area (Å²) < 4.78 is 0. The number of benzene rings is 8. The monoisotopic (exact) mass is 673 g/mol. The molecule has 2 aliphatic rings. The highest BCUT2D eigenvalue weighted by Crippen LogP contribution is 2.63. The fourth-order valence-corrected chi connectivity index (χ4v) is 8.85. The summed E-state index contributed by atoms with van der Waals surface area (Å²) in [4.78, 5) is 15.7. The van der Waals surface area contributed by atoms with Crippen molar-refractivity contribution >= 4 is 10.8 Å². The van der Waals surface area contributed by atoms with Gasteiger partial charge in [-0.15, -0.1) is 0 Å². The Hall–Kier alpha value is -6.97. The molecule has 0 saturated heterocycles. The van der Waals surface area contributed by atoms with Crippen molar-refractivity contribution in [1.29, 1.82) is 0 Å². The smallest absolute Gasteiger partial charge is 0.164 e. The van der Waals surface area contributed by atoms with Crippen LogP contribution in [0.2, 0.25) is 0 Å². The van der Waals surface area contributed by atoms with Crippen LogP contribution >= 0.6 is 0 Å². The summed E-state index contributed by atoms with van der Waals surface area (Å²) in [6.07, 6.45) is 0. The Morgan fingerprint density at radius 1 is 0.264 bits per heavy atom. The third-order valence-corrected chi connectivity index (χ3v) is 11.1. The van der Waals surface area contributed by atoms with Crippen LogP contribution in [0.3, 0.4) is 0 Å². The summed E-state index contributed by atoms with van der Waals surface area (Å²) in [5, 5.41) is 2.40. The molecule has 1 aromatic heterocycles. The second kappa shape index (κ2) is 11.5. The van der Waals surface area contributed by atoms with E-state index >= 15 is 0 Å². The first-order valence-corrected chi connectivity index (χ1v) is 18.1. The van der Waals surface area contributed by atoms with E-state index in [-0.39, 0.29) is 0 Å². The zero-order valence-corrected chi connectivity index (χ0v) is 28.7. The van der Waals surface area contributed by atoms with Crippen molar-refractivity contribution in [3.05, 3.63) is 210 Å². The van der Waals surface area contributed by atoms with Crippen LogP contribution in [0.1, 0.15) is 22.3 Å². The lowest BCUT2D eigenvalue weighted by Gasteiger charge is -2.31. The predicted octanol–water partition coefficient (Wildman–Crippen LogP) is 12.0. The van der Waals surface area contributed by atoms with Gasteiger partial charge >= 0.3 is 0 Å². The number of hydrogen-bond acceptors (Lipinski definition) is 3. The van der Waals surface area contributed by atoms with E-state index < -0.39 is 5.41 Å². The Labute approximate surface area is 308 Å². The fraction of sp³-hybridized carbons (Fsp3) is 0.0200. The van der Waals surface area contributed by atoms with Crippen LogP contribution in [0.15, 0.2) is 188 Å². The van der Waals surface area contributed by atoms with Crippen LogP contribution in [0.5, 0.6) is 0 Å². The fourth-order valence-electron chi connectivity index (χ4n) is 8.85. The Kier molecular flexibility index (Phi) is 6.47. The average Bonchev–Trinajstić information content (AvgIpc) is 3.70. The topological polar surface area (TPSA) is 38.7 Å². The van der Waals surface area contributed by atoms with Crippen LogP contribution in [-0.4, -0.2) is 15.0 Å². The summed E-state index contributed by atoms with van der Waals surface area (Å²) in [6.45, 7) is 0. The van der Waals surface area contributed by atoms with Crippen LogP contribution < -0.4 is 0 Å². The lowest BCUT2D eigenvalue weighted by atomic mass is 9.70. The first-order valence-electron chi connectivity index (χ1n) is 18.1. The van der Waals surface area contributed by atoms with Gasteiger partial charge in [0.05, 0.1) is 5.41 Å². The minimum Gasteiger partial charge on any atom is -0.208 e. The molecule has 53 heavy (non-hydrogen) atoms. The molecule has 1 heterocycles. The quantitative estimate of drug-likeness (QED) is 0.187. The molecule has 0 radical (unpaired) electrons. The summed E-state index contributed by atoms with van der Waals surface area (Å²) in [5.41, 5.74) is 14.8. The third-order valence-electron chi connectivity index (χ3n) is 11.1. The van der Waals surface area contributed by atoms with Gasteiger partial charge in [0, 0.05) is 16.7 Å². The molecule has 2 aliphatic carbocycles. The molecule has 0 unspecified atom stereocenters. The van der Waals surface area contributed by atoms with E-state index in [2.05, 4.69) is 152 Å². The summed E-state index contributed by atoms with van der Waals surface area (Å²) in [7, 11) is 0. The van der Waals surface area contributed by atoms with E-state index in [9.17, 15) is 0 Å². The summed E-state index contributed by atoms with van der Waals surface area (Å²) in [6, 6.07) is 67.4. The van der Waals surface area contributed by atoms with Gasteiger partial charge in [-0.05, 0) is 84.6 Å². The maximum Gasteiger partial charge on any atom is 0.164 e. The van der Waals surface area contributed by atoms with Crippen molar-refractivity contribution in [1.82, 2.24) is 15.0 Å². The lowest BCUT2D eigenvalue weighted by Crippen LogP contribution is -2.26. The van der Waals surface area contributed by atoms with Crippen LogP contribution in [0.4, 0.5) is 0 Å². The highest BCUT2D eigenvalue weighted by atomic mass is 15.0. The van der Waals surface area contributed by atoms with Gasteiger partial charge in [0.25, 0.3) is 0 Å². The van der Waals surface area contributed by atoms with Crippen molar-refractivity contribution < 1.29 is 0 Å². The number of hydrogen-bond donors (Lipinski definition) is 0. The van der Waals surface area contributed by atoms with Gasteiger partial charge in [-0.1, -0.05) is 170 Å². The van der Waals surface area contributed by atoms with E-state index in [4.69, 9.17) is 15.0 Å². The Bertz CT molecular complexity index is 2790. The number of nitrogens with zero attached hydrogens (tertiary/aromatic N) is 3. The van der Waals surface area contributed by atoms with Crippen molar-refractivity contribution in [2.45, 2.75) is 5.41 Å². The maximum atomic E-state index is 5.30. The molecular weight excluding hydrogens is 643 g/mol. The zero-order chi connectivity index (χ0) is 34.9. The molecular formula is C50H31N3. The van der Waals surface area contributed by atoms with Gasteiger partial charge in [-0.25, -0.2) is 15.0 Å². The summed E-state index contributed by atoms with van der Waals surface area (Å²) in [5.74, 6) is 1.94. The van der Waals surface area contributed by atoms with Crippen LogP contribution in [0.25, 0.3) is 78.3 Å². The van der Waals surface area contributed by atoms with Crippen molar-refractivity contribution in [2.75, 3.05) is 0 Å². The molecule has 0 amide bonds. The second-order valence-corrected chi connectivity index (χ2v) is 13.9. The number of rotatable bonds is 4. The van der Waals surface area contributed by atoms with Crippen molar-refractivity contribution in [2.24, 2.45) is 0 Å². The highest BCUT2D eigenvalue weighted by molar-refractivity contribution is 5.99. The first kappa shape index (κ1) is 29.7. The largest absolute Gasteiger partial charge is 0.208 e. The Morgan fingerprint density at radius 2 is 0.736 bits per heavy atom. The SMILES string of the molecule is c1ccc(-c2nc(-c3ccccc3)nc(-c3cc4c(cc3-c3ccc5ccccc5c3)-c3ccccc3C43c4ccccc4-c4ccccc43)n2)cc1. The number of aromatic nitrogens is 3. The van der Waals surface area contributed by atoms with E-state index in [0.717, 1.165) is 27.8 Å². The van der Waals surface area contributed by atoms with Gasteiger partial charge in [-0.3, -0.25) is 0 Å². The molecule has 0 atom stereocenters. The van der Waals surface area contributed by atoms with E-state index in [1.807, 2.05) is 36.4 Å². The maximum absolute atomic E-state index is 5.30. The van der Waals surface area contributed by atoms with E-state index in [0.29, 0.717) is 17.5 Å². The molecule has 0 N–H and O–H groups in total. The minimum atomic E-state index is -0.493. The van der Waals surface area contributed by atoms with Gasteiger partial charge in [0.2, 0.25) is 0 Å². The van der Waals surface area contributed by atoms with Crippen molar-refractivity contribution in [3.8, 4) is 67.5 Å². The van der Waals surface area contributed by atoms with Gasteiger partial charge in [-0.2, -0.15) is 0 Å². The molecule has 8 aromatic carbocycles. The Morgan fingerprint density at radius 3 is 1.32 bits per heavy atom. The molecule has 3 nitrogen and oxygen atoms in total. The summed E-state index contributed by atoms with van der Waals surface area (Å²) >= 11 is 0. The van der Waals surface area contributed by atoms with E-state index in [1.165, 1.54) is 55.3 Å². The second-order valence-electron chi connectivity index (χ2n) is 13.9. The number of fused-ring (bicyclic) bond motifs is 11. The molecule has 0 saturated carbocycles. The van der Waals surface area contributed by atoms with Crippen molar-refractivity contribution in [3.63, 3.8) is 0 Å². The third kappa shape index (κ3) is 4.38. The molecule has 246 valence electrons. The van der Waals surface area contributed by atoms with Gasteiger partial charge in [0.15, 0.2) is 17.5 Å². The first-order chi connectivity index (χ1) is 26.3. The normalized spacial score (nSPS) is 13.1. The molecule has 0 bridgehead atoms. The molecule has 0 fully saturated rings. The van der Waals surface area contributed by atoms with Gasteiger partial charge < -0.3 is 0 Å². The Balaban J connectivity index is 1.27. The van der Waals surface area contributed by atoms with Crippen LogP contribution in [-0.2, 0) is 5.41 Å². The van der Waals surface area contributed by atoms with Crippen LogP contribution in [0, 0.1) is 0 Å². The molecule has 1 spiro atoms. The zero-order valence-electron chi connectivity index (χ0n) is 28.7. The predicted molar refractivity (Wildman–Crippen MR) is 215 cm³/mol.